The predicted octanol–water partition coefficient (Wildman–Crippen LogP) is 2.52. The molecule has 0 saturated carbocycles. The standard InChI is InChI=1S/C22H25FN2O4/c1-3-28-19-10-16-7-14(2)29-20(16)11-17(19)12-24-22(27)13-25-21(26)9-15-5-4-6-18(23)8-15/h4-6,8,10-11,14H,3,7,9,12-13H2,1-2H3,(H,24,27)(H,25,26)/t14-/m1/s1. The molecule has 1 aliphatic rings. The van der Waals surface area contributed by atoms with Crippen molar-refractivity contribution < 1.29 is 23.5 Å². The second-order valence-corrected chi connectivity index (χ2v) is 6.99. The van der Waals surface area contributed by atoms with Gasteiger partial charge in [-0.2, -0.15) is 0 Å². The molecule has 1 aliphatic heterocycles. The number of carbonyl (C=O) groups excluding carboxylic acids is 2. The molecule has 2 amide bonds. The van der Waals surface area contributed by atoms with E-state index in [2.05, 4.69) is 10.6 Å². The number of hydrogen-bond donors (Lipinski definition) is 2. The van der Waals surface area contributed by atoms with Crippen molar-refractivity contribution in [2.45, 2.75) is 39.3 Å². The number of hydrogen-bond acceptors (Lipinski definition) is 4. The molecule has 1 heterocycles. The normalized spacial score (nSPS) is 14.7. The molecule has 0 aliphatic carbocycles. The lowest BCUT2D eigenvalue weighted by atomic mass is 10.1. The fraction of sp³-hybridized carbons (Fsp3) is 0.364. The number of fused-ring (bicyclic) bond motifs is 1. The van der Waals surface area contributed by atoms with Gasteiger partial charge in [0.15, 0.2) is 0 Å². The van der Waals surface area contributed by atoms with Crippen molar-refractivity contribution in [2.24, 2.45) is 0 Å². The SMILES string of the molecule is CCOc1cc2c(cc1CNC(=O)CNC(=O)Cc1cccc(F)c1)O[C@H](C)C2. The van der Waals surface area contributed by atoms with Gasteiger partial charge in [-0.15, -0.1) is 0 Å². The molecule has 0 bridgehead atoms. The fourth-order valence-electron chi connectivity index (χ4n) is 3.24. The first-order valence-corrected chi connectivity index (χ1v) is 9.67. The zero-order valence-electron chi connectivity index (χ0n) is 16.6. The van der Waals surface area contributed by atoms with Crippen LogP contribution >= 0.6 is 0 Å². The van der Waals surface area contributed by atoms with Crippen LogP contribution in [0.15, 0.2) is 36.4 Å². The van der Waals surface area contributed by atoms with Gasteiger partial charge in [0.1, 0.15) is 23.4 Å². The average molecular weight is 400 g/mol. The summed E-state index contributed by atoms with van der Waals surface area (Å²) in [6, 6.07) is 9.68. The monoisotopic (exact) mass is 400 g/mol. The molecular weight excluding hydrogens is 375 g/mol. The lowest BCUT2D eigenvalue weighted by Crippen LogP contribution is -2.37. The molecule has 0 fully saturated rings. The second-order valence-electron chi connectivity index (χ2n) is 6.99. The van der Waals surface area contributed by atoms with Gasteiger partial charge >= 0.3 is 0 Å². The van der Waals surface area contributed by atoms with E-state index in [0.717, 1.165) is 29.0 Å². The molecular formula is C22H25FN2O4. The molecule has 1 atom stereocenters. The molecule has 2 aromatic rings. The van der Waals surface area contributed by atoms with E-state index in [1.54, 1.807) is 12.1 Å². The van der Waals surface area contributed by atoms with Crippen LogP contribution in [0.2, 0.25) is 0 Å². The highest BCUT2D eigenvalue weighted by atomic mass is 19.1. The Morgan fingerprint density at radius 3 is 2.79 bits per heavy atom. The highest BCUT2D eigenvalue weighted by Crippen LogP contribution is 2.35. The minimum atomic E-state index is -0.397. The molecule has 0 spiro atoms. The summed E-state index contributed by atoms with van der Waals surface area (Å²) < 4.78 is 24.6. The van der Waals surface area contributed by atoms with Crippen molar-refractivity contribution in [1.82, 2.24) is 10.6 Å². The maximum absolute atomic E-state index is 13.2. The Hall–Kier alpha value is -3.09. The summed E-state index contributed by atoms with van der Waals surface area (Å²) in [4.78, 5) is 24.1. The first-order valence-electron chi connectivity index (χ1n) is 9.67. The lowest BCUT2D eigenvalue weighted by molar-refractivity contribution is -0.125. The molecule has 29 heavy (non-hydrogen) atoms. The summed E-state index contributed by atoms with van der Waals surface area (Å²) >= 11 is 0. The second kappa shape index (κ2) is 9.41. The van der Waals surface area contributed by atoms with Crippen LogP contribution in [-0.4, -0.2) is 31.1 Å². The number of halogens is 1. The highest BCUT2D eigenvalue weighted by Gasteiger charge is 2.22. The molecule has 154 valence electrons. The van der Waals surface area contributed by atoms with E-state index in [0.29, 0.717) is 12.2 Å². The van der Waals surface area contributed by atoms with Crippen molar-refractivity contribution in [2.75, 3.05) is 13.2 Å². The summed E-state index contributed by atoms with van der Waals surface area (Å²) in [5.74, 6) is 0.467. The number of ether oxygens (including phenoxy) is 2. The third-order valence-electron chi connectivity index (χ3n) is 4.55. The molecule has 2 aromatic carbocycles. The van der Waals surface area contributed by atoms with Crippen LogP contribution in [0.25, 0.3) is 0 Å². The van der Waals surface area contributed by atoms with Gasteiger partial charge in [-0.3, -0.25) is 9.59 Å². The van der Waals surface area contributed by atoms with Crippen LogP contribution in [0.3, 0.4) is 0 Å². The quantitative estimate of drug-likeness (QED) is 0.714. The minimum Gasteiger partial charge on any atom is -0.494 e. The van der Waals surface area contributed by atoms with Crippen LogP contribution in [0.1, 0.15) is 30.5 Å². The fourth-order valence-corrected chi connectivity index (χ4v) is 3.24. The first kappa shape index (κ1) is 20.6. The minimum absolute atomic E-state index is 0.0138. The van der Waals surface area contributed by atoms with Gasteiger partial charge in [0.05, 0.1) is 19.6 Å². The Kier molecular flexibility index (Phi) is 6.69. The summed E-state index contributed by atoms with van der Waals surface area (Å²) in [5.41, 5.74) is 2.47. The van der Waals surface area contributed by atoms with Crippen molar-refractivity contribution in [3.05, 3.63) is 58.9 Å². The Labute approximate surface area is 169 Å². The van der Waals surface area contributed by atoms with Crippen LogP contribution in [0, 0.1) is 5.82 Å². The number of benzene rings is 2. The number of amides is 2. The maximum Gasteiger partial charge on any atom is 0.239 e. The Bertz CT molecular complexity index is 900. The lowest BCUT2D eigenvalue weighted by Gasteiger charge is -2.13. The van der Waals surface area contributed by atoms with Crippen molar-refractivity contribution in [3.8, 4) is 11.5 Å². The molecule has 0 unspecified atom stereocenters. The number of rotatable bonds is 8. The smallest absolute Gasteiger partial charge is 0.239 e. The largest absolute Gasteiger partial charge is 0.494 e. The van der Waals surface area contributed by atoms with E-state index in [-0.39, 0.29) is 37.4 Å². The van der Waals surface area contributed by atoms with E-state index in [1.807, 2.05) is 26.0 Å². The summed E-state index contributed by atoms with van der Waals surface area (Å²) in [7, 11) is 0. The zero-order valence-corrected chi connectivity index (χ0v) is 16.6. The van der Waals surface area contributed by atoms with E-state index in [1.165, 1.54) is 12.1 Å². The summed E-state index contributed by atoms with van der Waals surface area (Å²) in [6.45, 7) is 4.54. The Morgan fingerprint density at radius 2 is 2.03 bits per heavy atom. The molecule has 0 radical (unpaired) electrons. The van der Waals surface area contributed by atoms with Gasteiger partial charge in [0.25, 0.3) is 0 Å². The molecule has 0 saturated heterocycles. The van der Waals surface area contributed by atoms with Crippen LogP contribution in [-0.2, 0) is 29.0 Å². The number of nitrogens with one attached hydrogen (secondary N) is 2. The highest BCUT2D eigenvalue weighted by molar-refractivity contribution is 5.85. The maximum atomic E-state index is 13.2. The van der Waals surface area contributed by atoms with E-state index >= 15 is 0 Å². The first-order chi connectivity index (χ1) is 13.9. The van der Waals surface area contributed by atoms with Crippen molar-refractivity contribution in [1.29, 1.82) is 0 Å². The van der Waals surface area contributed by atoms with Gasteiger partial charge in [-0.25, -0.2) is 4.39 Å². The van der Waals surface area contributed by atoms with Gasteiger partial charge < -0.3 is 20.1 Å². The topological polar surface area (TPSA) is 76.7 Å². The average Bonchev–Trinajstić information content (AvgIpc) is 3.03. The van der Waals surface area contributed by atoms with Crippen LogP contribution in [0.4, 0.5) is 4.39 Å². The molecule has 3 rings (SSSR count). The third kappa shape index (κ3) is 5.70. The molecule has 6 nitrogen and oxygen atoms in total. The zero-order chi connectivity index (χ0) is 20.8. The Balaban J connectivity index is 1.51. The van der Waals surface area contributed by atoms with Crippen LogP contribution in [0.5, 0.6) is 11.5 Å². The number of carbonyl (C=O) groups is 2. The summed E-state index contributed by atoms with van der Waals surface area (Å²) in [5, 5.41) is 5.32. The van der Waals surface area contributed by atoms with E-state index < -0.39 is 5.82 Å². The van der Waals surface area contributed by atoms with E-state index in [4.69, 9.17) is 9.47 Å². The van der Waals surface area contributed by atoms with E-state index in [9.17, 15) is 14.0 Å². The van der Waals surface area contributed by atoms with Gasteiger partial charge in [-0.05, 0) is 43.7 Å². The Morgan fingerprint density at radius 1 is 1.21 bits per heavy atom. The van der Waals surface area contributed by atoms with Gasteiger partial charge in [0.2, 0.25) is 11.8 Å². The molecule has 2 N–H and O–H groups in total. The van der Waals surface area contributed by atoms with Crippen molar-refractivity contribution >= 4 is 11.8 Å². The van der Waals surface area contributed by atoms with Gasteiger partial charge in [-0.1, -0.05) is 12.1 Å². The molecule has 0 aromatic heterocycles. The predicted molar refractivity (Wildman–Crippen MR) is 106 cm³/mol. The third-order valence-corrected chi connectivity index (χ3v) is 4.55. The summed E-state index contributed by atoms with van der Waals surface area (Å²) in [6.07, 6.45) is 0.969. The molecule has 7 heteroatoms. The van der Waals surface area contributed by atoms with Crippen LogP contribution < -0.4 is 20.1 Å². The van der Waals surface area contributed by atoms with Crippen molar-refractivity contribution in [3.63, 3.8) is 0 Å². The van der Waals surface area contributed by atoms with Gasteiger partial charge in [0, 0.05) is 24.1 Å².